The number of carbonyl (C=O) groups is 2. The first kappa shape index (κ1) is 21.2. The van der Waals surface area contributed by atoms with Crippen LogP contribution in [0.1, 0.15) is 29.5 Å². The Morgan fingerprint density at radius 3 is 2.57 bits per heavy atom. The van der Waals surface area contributed by atoms with Crippen molar-refractivity contribution in [2.45, 2.75) is 19.4 Å². The van der Waals surface area contributed by atoms with Crippen molar-refractivity contribution in [3.63, 3.8) is 0 Å². The van der Waals surface area contributed by atoms with Gasteiger partial charge in [0.15, 0.2) is 0 Å². The Hall–Kier alpha value is -3.52. The van der Waals surface area contributed by atoms with Gasteiger partial charge >= 0.3 is 0 Å². The number of amides is 2. The van der Waals surface area contributed by atoms with Gasteiger partial charge in [0.05, 0.1) is 24.6 Å². The molecule has 0 radical (unpaired) electrons. The summed E-state index contributed by atoms with van der Waals surface area (Å²) in [5.74, 6) is 5.32. The summed E-state index contributed by atoms with van der Waals surface area (Å²) in [5.41, 5.74) is 3.31. The maximum Gasteiger partial charge on any atom is 0.229 e. The number of fused-ring (bicyclic) bond motifs is 2. The van der Waals surface area contributed by atoms with Crippen LogP contribution in [0, 0.1) is 5.41 Å². The highest BCUT2D eigenvalue weighted by Gasteiger charge is 2.27. The lowest BCUT2D eigenvalue weighted by molar-refractivity contribution is -0.122. The van der Waals surface area contributed by atoms with E-state index >= 15 is 0 Å². The minimum absolute atomic E-state index is 0.139. The van der Waals surface area contributed by atoms with Crippen LogP contribution < -0.4 is 16.1 Å². The summed E-state index contributed by atoms with van der Waals surface area (Å²) in [6, 6.07) is 14.7. The minimum Gasteiger partial charge on any atom is -0.384 e. The van der Waals surface area contributed by atoms with Crippen molar-refractivity contribution in [1.82, 2.24) is 5.32 Å². The van der Waals surface area contributed by atoms with Crippen LogP contribution in [0.15, 0.2) is 53.6 Å². The number of anilines is 1. The summed E-state index contributed by atoms with van der Waals surface area (Å²) in [6.07, 6.45) is 0.392. The number of carbonyl (C=O) groups excluding carboxylic acids is 2. The molecule has 0 unspecified atom stereocenters. The Kier molecular flexibility index (Phi) is 6.92. The quantitative estimate of drug-likeness (QED) is 0.499. The summed E-state index contributed by atoms with van der Waals surface area (Å²) < 4.78 is 4.89. The van der Waals surface area contributed by atoms with Gasteiger partial charge in [-0.2, -0.15) is 5.10 Å². The Balaban J connectivity index is 1.88. The summed E-state index contributed by atoms with van der Waals surface area (Å²) in [4.78, 5) is 26.5. The van der Waals surface area contributed by atoms with E-state index in [9.17, 15) is 9.59 Å². The zero-order chi connectivity index (χ0) is 21.5. The van der Waals surface area contributed by atoms with Crippen molar-refractivity contribution in [3.8, 4) is 0 Å². The van der Waals surface area contributed by atoms with E-state index < -0.39 is 0 Å². The average Bonchev–Trinajstić information content (AvgIpc) is 2.76. The van der Waals surface area contributed by atoms with E-state index in [1.807, 2.05) is 36.4 Å². The summed E-state index contributed by atoms with van der Waals surface area (Å²) in [6.45, 7) is 0.883. The van der Waals surface area contributed by atoms with Crippen LogP contribution in [0.5, 0.6) is 0 Å². The Labute approximate surface area is 175 Å². The van der Waals surface area contributed by atoms with E-state index in [0.29, 0.717) is 30.1 Å². The SMILES string of the molecule is COCCC(=O)NCCC(=O)N1Cc2ccccc2C(=NN)C(=N)c2ccccc21. The summed E-state index contributed by atoms with van der Waals surface area (Å²) in [7, 11) is 1.53. The molecule has 2 aromatic rings. The van der Waals surface area contributed by atoms with E-state index in [-0.39, 0.29) is 36.9 Å². The number of rotatable bonds is 6. The largest absolute Gasteiger partial charge is 0.384 e. The molecule has 8 heteroatoms. The summed E-state index contributed by atoms with van der Waals surface area (Å²) in [5, 5.41) is 15.3. The predicted molar refractivity (Wildman–Crippen MR) is 116 cm³/mol. The molecule has 0 atom stereocenters. The van der Waals surface area contributed by atoms with Crippen LogP contribution >= 0.6 is 0 Å². The van der Waals surface area contributed by atoms with Gasteiger partial charge in [0.1, 0.15) is 5.71 Å². The highest BCUT2D eigenvalue weighted by atomic mass is 16.5. The molecule has 3 rings (SSSR count). The lowest BCUT2D eigenvalue weighted by Gasteiger charge is -2.29. The first-order chi connectivity index (χ1) is 14.6. The molecule has 4 N–H and O–H groups in total. The van der Waals surface area contributed by atoms with Gasteiger partial charge in [-0.3, -0.25) is 15.0 Å². The van der Waals surface area contributed by atoms with Crippen molar-refractivity contribution < 1.29 is 14.3 Å². The predicted octanol–water partition coefficient (Wildman–Crippen LogP) is 1.81. The number of hydrogen-bond acceptors (Lipinski definition) is 6. The molecule has 30 heavy (non-hydrogen) atoms. The molecule has 156 valence electrons. The van der Waals surface area contributed by atoms with Crippen molar-refractivity contribution in [2.24, 2.45) is 10.9 Å². The third-order valence-electron chi connectivity index (χ3n) is 4.93. The third kappa shape index (κ3) is 4.55. The number of benzene rings is 2. The van der Waals surface area contributed by atoms with Gasteiger partial charge in [-0.05, 0) is 11.6 Å². The lowest BCUT2D eigenvalue weighted by Crippen LogP contribution is -2.37. The monoisotopic (exact) mass is 407 g/mol. The summed E-state index contributed by atoms with van der Waals surface area (Å²) >= 11 is 0. The van der Waals surface area contributed by atoms with Crippen LogP contribution in [-0.4, -0.2) is 43.5 Å². The fraction of sp³-hybridized carbons (Fsp3) is 0.273. The van der Waals surface area contributed by atoms with E-state index in [0.717, 1.165) is 11.1 Å². The average molecular weight is 407 g/mol. The van der Waals surface area contributed by atoms with E-state index in [1.54, 1.807) is 17.0 Å². The smallest absolute Gasteiger partial charge is 0.229 e. The topological polar surface area (TPSA) is 121 Å². The van der Waals surface area contributed by atoms with Gasteiger partial charge in [0, 0.05) is 37.6 Å². The van der Waals surface area contributed by atoms with Crippen molar-refractivity contribution in [1.29, 1.82) is 5.41 Å². The molecule has 0 bridgehead atoms. The first-order valence-corrected chi connectivity index (χ1v) is 9.67. The van der Waals surface area contributed by atoms with Crippen molar-refractivity contribution >= 4 is 28.9 Å². The zero-order valence-electron chi connectivity index (χ0n) is 16.9. The first-order valence-electron chi connectivity index (χ1n) is 9.67. The number of nitrogens with two attached hydrogens (primary N) is 1. The van der Waals surface area contributed by atoms with Gasteiger partial charge in [0.2, 0.25) is 11.8 Å². The van der Waals surface area contributed by atoms with Crippen LogP contribution in [0.25, 0.3) is 0 Å². The van der Waals surface area contributed by atoms with Crippen LogP contribution in [-0.2, 0) is 20.9 Å². The van der Waals surface area contributed by atoms with Gasteiger partial charge in [-0.15, -0.1) is 0 Å². The fourth-order valence-electron chi connectivity index (χ4n) is 3.41. The van der Waals surface area contributed by atoms with Crippen LogP contribution in [0.3, 0.4) is 0 Å². The van der Waals surface area contributed by atoms with Crippen molar-refractivity contribution in [3.05, 3.63) is 65.2 Å². The molecule has 1 heterocycles. The molecule has 1 aliphatic heterocycles. The maximum atomic E-state index is 13.1. The number of methoxy groups -OCH3 is 1. The van der Waals surface area contributed by atoms with Gasteiger partial charge in [-0.1, -0.05) is 42.5 Å². The fourth-order valence-corrected chi connectivity index (χ4v) is 3.41. The highest BCUT2D eigenvalue weighted by Crippen LogP contribution is 2.29. The van der Waals surface area contributed by atoms with E-state index in [4.69, 9.17) is 16.0 Å². The molecule has 2 amide bonds. The second kappa shape index (κ2) is 9.80. The standard InChI is InChI=1S/C22H25N5O3/c1-30-13-11-19(28)25-12-10-20(29)27-14-15-6-2-3-7-16(15)22(26-24)21(23)17-8-4-5-9-18(17)27/h2-9,23H,10-14,24H2,1H3,(H,25,28). The minimum atomic E-state index is -0.159. The third-order valence-corrected chi connectivity index (χ3v) is 4.93. The molecule has 0 aliphatic carbocycles. The number of hydrazone groups is 1. The van der Waals surface area contributed by atoms with Crippen molar-refractivity contribution in [2.75, 3.05) is 25.2 Å². The van der Waals surface area contributed by atoms with E-state index in [2.05, 4.69) is 10.4 Å². The molecule has 1 aliphatic rings. The Morgan fingerprint density at radius 1 is 1.13 bits per heavy atom. The number of nitrogens with one attached hydrogen (secondary N) is 2. The number of nitrogens with zero attached hydrogens (tertiary/aromatic N) is 2. The Morgan fingerprint density at radius 2 is 1.83 bits per heavy atom. The maximum absolute atomic E-state index is 13.1. The van der Waals surface area contributed by atoms with E-state index in [1.165, 1.54) is 7.11 Å². The molecule has 0 saturated carbocycles. The normalized spacial score (nSPS) is 14.5. The molecule has 2 aromatic carbocycles. The molecular formula is C22H25N5O3. The molecule has 0 aromatic heterocycles. The van der Waals surface area contributed by atoms with Gasteiger partial charge in [-0.25, -0.2) is 0 Å². The van der Waals surface area contributed by atoms with Gasteiger partial charge < -0.3 is 20.8 Å². The second-order valence-electron chi connectivity index (χ2n) is 6.85. The lowest BCUT2D eigenvalue weighted by atomic mass is 9.92. The number of ether oxygens (including phenoxy) is 1. The van der Waals surface area contributed by atoms with Crippen LogP contribution in [0.4, 0.5) is 5.69 Å². The zero-order valence-corrected chi connectivity index (χ0v) is 16.9. The molecule has 0 saturated heterocycles. The second-order valence-corrected chi connectivity index (χ2v) is 6.85. The molecule has 0 fully saturated rings. The molecular weight excluding hydrogens is 382 g/mol. The van der Waals surface area contributed by atoms with Gasteiger partial charge in [0.25, 0.3) is 0 Å². The molecule has 0 spiro atoms. The molecule has 8 nitrogen and oxygen atoms in total. The number of para-hydroxylation sites is 1. The Bertz CT molecular complexity index is 986. The van der Waals surface area contributed by atoms with Crippen LogP contribution in [0.2, 0.25) is 0 Å². The highest BCUT2D eigenvalue weighted by molar-refractivity contribution is 6.53. The number of hydrogen-bond donors (Lipinski definition) is 3.